The second-order valence-electron chi connectivity index (χ2n) is 2.68. The minimum atomic E-state index is -1.05. The van der Waals surface area contributed by atoms with E-state index in [0.717, 1.165) is 0 Å². The van der Waals surface area contributed by atoms with Gasteiger partial charge < -0.3 is 10.4 Å². The molecule has 0 spiro atoms. The van der Waals surface area contributed by atoms with Crippen LogP contribution in [0.2, 0.25) is 0 Å². The zero-order valence-electron chi connectivity index (χ0n) is 7.43. The normalized spacial score (nSPS) is 10.4. The van der Waals surface area contributed by atoms with Gasteiger partial charge >= 0.3 is 5.97 Å². The summed E-state index contributed by atoms with van der Waals surface area (Å²) >= 11 is 0. The second-order valence-corrected chi connectivity index (χ2v) is 2.68. The molecule has 6 heteroatoms. The van der Waals surface area contributed by atoms with Gasteiger partial charge in [0.2, 0.25) is 0 Å². The molecule has 2 N–H and O–H groups in total. The summed E-state index contributed by atoms with van der Waals surface area (Å²) in [7, 11) is 1.70. The van der Waals surface area contributed by atoms with E-state index in [2.05, 4.69) is 15.4 Å². The highest BCUT2D eigenvalue weighted by Gasteiger charge is 2.09. The minimum absolute atomic E-state index is 0.00218. The van der Waals surface area contributed by atoms with Crippen LogP contribution in [0.15, 0.2) is 18.3 Å². The first kappa shape index (κ1) is 8.49. The molecule has 0 saturated carbocycles. The summed E-state index contributed by atoms with van der Waals surface area (Å²) in [6, 6.07) is 3.08. The Balaban J connectivity index is 2.73. The quantitative estimate of drug-likeness (QED) is 0.723. The molecule has 2 rings (SSSR count). The molecule has 72 valence electrons. The number of nitrogens with one attached hydrogen (secondary N) is 1. The summed E-state index contributed by atoms with van der Waals surface area (Å²) in [6.07, 6.45) is 1.56. The Morgan fingerprint density at radius 3 is 3.07 bits per heavy atom. The van der Waals surface area contributed by atoms with E-state index in [-0.39, 0.29) is 5.69 Å². The number of anilines is 1. The maximum absolute atomic E-state index is 10.7. The highest BCUT2D eigenvalue weighted by atomic mass is 16.4. The number of hydrogen-bond donors (Lipinski definition) is 2. The molecule has 0 amide bonds. The van der Waals surface area contributed by atoms with Gasteiger partial charge in [0, 0.05) is 19.2 Å². The Morgan fingerprint density at radius 1 is 1.64 bits per heavy atom. The van der Waals surface area contributed by atoms with Gasteiger partial charge in [0.05, 0.1) is 6.20 Å². The van der Waals surface area contributed by atoms with Gasteiger partial charge in [-0.3, -0.25) is 0 Å². The van der Waals surface area contributed by atoms with Crippen molar-refractivity contribution in [2.75, 3.05) is 12.4 Å². The number of carboxylic acid groups (broad SMARTS) is 1. The van der Waals surface area contributed by atoms with Gasteiger partial charge in [-0.25, -0.2) is 9.78 Å². The van der Waals surface area contributed by atoms with Crippen LogP contribution >= 0.6 is 0 Å². The second kappa shape index (κ2) is 2.99. The van der Waals surface area contributed by atoms with E-state index in [1.807, 2.05) is 0 Å². The molecular formula is C8H8N4O2. The molecule has 0 unspecified atom stereocenters. The highest BCUT2D eigenvalue weighted by Crippen LogP contribution is 2.11. The molecule has 2 aromatic rings. The number of aromatic carboxylic acids is 1. The van der Waals surface area contributed by atoms with Crippen LogP contribution in [-0.2, 0) is 0 Å². The van der Waals surface area contributed by atoms with Crippen molar-refractivity contribution in [3.63, 3.8) is 0 Å². The zero-order valence-corrected chi connectivity index (χ0v) is 7.43. The zero-order chi connectivity index (χ0) is 10.1. The monoisotopic (exact) mass is 192 g/mol. The summed E-state index contributed by atoms with van der Waals surface area (Å²) < 4.78 is 1.53. The molecule has 0 atom stereocenters. The smallest absolute Gasteiger partial charge is 0.354 e. The number of aromatic nitrogens is 3. The van der Waals surface area contributed by atoms with E-state index in [0.29, 0.717) is 11.5 Å². The van der Waals surface area contributed by atoms with E-state index in [9.17, 15) is 4.79 Å². The third-order valence-electron chi connectivity index (χ3n) is 1.83. The van der Waals surface area contributed by atoms with Crippen molar-refractivity contribution < 1.29 is 9.90 Å². The van der Waals surface area contributed by atoms with Gasteiger partial charge in [-0.2, -0.15) is 9.61 Å². The van der Waals surface area contributed by atoms with E-state index in [1.54, 1.807) is 19.3 Å². The number of rotatable bonds is 2. The fraction of sp³-hybridized carbons (Fsp3) is 0.125. The van der Waals surface area contributed by atoms with Crippen molar-refractivity contribution in [2.24, 2.45) is 0 Å². The Bertz CT molecular complexity index is 491. The Labute approximate surface area is 79.2 Å². The van der Waals surface area contributed by atoms with Crippen molar-refractivity contribution in [3.05, 3.63) is 24.0 Å². The molecule has 0 fully saturated rings. The molecule has 0 aliphatic heterocycles. The number of hydrogen-bond acceptors (Lipinski definition) is 4. The van der Waals surface area contributed by atoms with Crippen LogP contribution in [0.25, 0.3) is 5.65 Å². The summed E-state index contributed by atoms with van der Waals surface area (Å²) in [5, 5.41) is 15.6. The third kappa shape index (κ3) is 1.17. The van der Waals surface area contributed by atoms with E-state index < -0.39 is 5.97 Å². The molecule has 14 heavy (non-hydrogen) atoms. The molecule has 0 saturated heterocycles. The molecule has 0 aliphatic carbocycles. The molecule has 0 aromatic carbocycles. The first-order valence-electron chi connectivity index (χ1n) is 3.98. The van der Waals surface area contributed by atoms with Crippen LogP contribution in [0, 0.1) is 0 Å². The summed E-state index contributed by atoms with van der Waals surface area (Å²) in [4.78, 5) is 14.6. The van der Waals surface area contributed by atoms with E-state index >= 15 is 0 Å². The van der Waals surface area contributed by atoms with Gasteiger partial charge in [-0.05, 0) is 0 Å². The van der Waals surface area contributed by atoms with Crippen LogP contribution in [-0.4, -0.2) is 32.7 Å². The van der Waals surface area contributed by atoms with Gasteiger partial charge in [0.15, 0.2) is 11.3 Å². The van der Waals surface area contributed by atoms with Crippen molar-refractivity contribution in [1.29, 1.82) is 0 Å². The van der Waals surface area contributed by atoms with Gasteiger partial charge in [-0.1, -0.05) is 0 Å². The molecule has 6 nitrogen and oxygen atoms in total. The lowest BCUT2D eigenvalue weighted by atomic mass is 10.4. The molecule has 0 bridgehead atoms. The van der Waals surface area contributed by atoms with E-state index in [4.69, 9.17) is 5.11 Å². The lowest BCUT2D eigenvalue weighted by molar-refractivity contribution is 0.0690. The van der Waals surface area contributed by atoms with Crippen LogP contribution in [0.4, 0.5) is 5.82 Å². The third-order valence-corrected chi connectivity index (χ3v) is 1.83. The molecular weight excluding hydrogens is 184 g/mol. The first-order valence-corrected chi connectivity index (χ1v) is 3.98. The standard InChI is InChI=1S/C8H8N4O2/c1-9-7-4-5(8(13)14)11-6-2-3-10-12(6)7/h2-4,9H,1H3,(H,13,14). The van der Waals surface area contributed by atoms with Crippen LogP contribution in [0.1, 0.15) is 10.5 Å². The lowest BCUT2D eigenvalue weighted by Gasteiger charge is -2.04. The first-order chi connectivity index (χ1) is 6.72. The fourth-order valence-electron chi connectivity index (χ4n) is 1.20. The Hall–Kier alpha value is -2.11. The van der Waals surface area contributed by atoms with Gasteiger partial charge in [0.25, 0.3) is 0 Å². The summed E-state index contributed by atoms with van der Waals surface area (Å²) in [6.45, 7) is 0. The van der Waals surface area contributed by atoms with Crippen LogP contribution in [0.3, 0.4) is 0 Å². The van der Waals surface area contributed by atoms with Crippen LogP contribution in [0.5, 0.6) is 0 Å². The predicted molar refractivity (Wildman–Crippen MR) is 49.5 cm³/mol. The number of carbonyl (C=O) groups is 1. The summed E-state index contributed by atoms with van der Waals surface area (Å²) in [5.41, 5.74) is 0.511. The largest absolute Gasteiger partial charge is 0.477 e. The lowest BCUT2D eigenvalue weighted by Crippen LogP contribution is -2.07. The molecule has 0 aliphatic rings. The van der Waals surface area contributed by atoms with Gasteiger partial charge in [0.1, 0.15) is 5.82 Å². The average molecular weight is 192 g/mol. The van der Waals surface area contributed by atoms with Crippen molar-refractivity contribution in [1.82, 2.24) is 14.6 Å². The molecule has 0 radical (unpaired) electrons. The molecule has 2 aromatic heterocycles. The summed E-state index contributed by atoms with van der Waals surface area (Å²) in [5.74, 6) is -0.456. The maximum atomic E-state index is 10.7. The topological polar surface area (TPSA) is 79.5 Å². The van der Waals surface area contributed by atoms with Crippen molar-refractivity contribution >= 4 is 17.4 Å². The van der Waals surface area contributed by atoms with Gasteiger partial charge in [-0.15, -0.1) is 0 Å². The van der Waals surface area contributed by atoms with E-state index in [1.165, 1.54) is 10.6 Å². The SMILES string of the molecule is CNc1cc(C(=O)O)nc2ccnn12. The maximum Gasteiger partial charge on any atom is 0.354 e. The van der Waals surface area contributed by atoms with Crippen molar-refractivity contribution in [2.45, 2.75) is 0 Å². The highest BCUT2D eigenvalue weighted by molar-refractivity contribution is 5.87. The predicted octanol–water partition coefficient (Wildman–Crippen LogP) is 0.469. The fourth-order valence-corrected chi connectivity index (χ4v) is 1.20. The average Bonchev–Trinajstić information content (AvgIpc) is 2.63. The number of carboxylic acids is 1. The minimum Gasteiger partial charge on any atom is -0.477 e. The Kier molecular flexibility index (Phi) is 1.81. The molecule has 2 heterocycles. The number of fused-ring (bicyclic) bond motifs is 1. The number of nitrogens with zero attached hydrogens (tertiary/aromatic N) is 3. The Morgan fingerprint density at radius 2 is 2.43 bits per heavy atom. The van der Waals surface area contributed by atoms with Crippen LogP contribution < -0.4 is 5.32 Å². The van der Waals surface area contributed by atoms with Crippen molar-refractivity contribution in [3.8, 4) is 0 Å².